The number of aromatic carboxylic acids is 3. The SMILES string of the molecule is CCc1[nH]c(C)c[n+]1CC.CCc1[nH]c(C)c[n+]1CC.CCc1[nH]c(C)c[n+]1CC.O=C([O-])c1ccc(C(=O)[O-])c(C(=O)[O-])c1. The van der Waals surface area contributed by atoms with Gasteiger partial charge in [0.15, 0.2) is 0 Å². The number of carbonyl (C=O) groups excluding carboxylic acids is 3. The minimum atomic E-state index is -1.79. The van der Waals surface area contributed by atoms with Crippen LogP contribution in [0.1, 0.15) is 107 Å². The Hall–Kier alpha value is -4.74. The normalized spacial score (nSPS) is 10.1. The largest absolute Gasteiger partial charge is 0.545 e. The van der Waals surface area contributed by atoms with Crippen LogP contribution in [0.15, 0.2) is 36.8 Å². The zero-order chi connectivity index (χ0) is 34.3. The second-order valence-electron chi connectivity index (χ2n) is 10.2. The van der Waals surface area contributed by atoms with Gasteiger partial charge in [-0.1, -0.05) is 32.9 Å². The number of carboxylic acids is 3. The van der Waals surface area contributed by atoms with Crippen molar-refractivity contribution in [1.29, 1.82) is 0 Å². The van der Waals surface area contributed by atoms with Crippen molar-refractivity contribution < 1.29 is 43.4 Å². The topological polar surface area (TPSA) is 179 Å². The molecule has 3 aromatic heterocycles. The van der Waals surface area contributed by atoms with E-state index in [2.05, 4.69) is 110 Å². The second-order valence-corrected chi connectivity index (χ2v) is 10.2. The van der Waals surface area contributed by atoms with Crippen LogP contribution in [-0.4, -0.2) is 32.9 Å². The summed E-state index contributed by atoms with van der Waals surface area (Å²) in [6, 6.07) is 2.37. The molecule has 246 valence electrons. The Bertz CT molecular complexity index is 1370. The van der Waals surface area contributed by atoms with Gasteiger partial charge in [0.05, 0.1) is 37.5 Å². The number of nitrogens with zero attached hydrogens (tertiary/aromatic N) is 3. The summed E-state index contributed by atoms with van der Waals surface area (Å²) in [5, 5.41) is 31.3. The number of H-pyrrole nitrogens is 3. The van der Waals surface area contributed by atoms with E-state index in [1.165, 1.54) is 34.6 Å². The molecule has 0 aliphatic carbocycles. The van der Waals surface area contributed by atoms with Gasteiger partial charge in [0.25, 0.3) is 17.5 Å². The molecular weight excluding hydrogens is 576 g/mol. The lowest BCUT2D eigenvalue weighted by Crippen LogP contribution is -2.34. The zero-order valence-corrected chi connectivity index (χ0v) is 28.0. The van der Waals surface area contributed by atoms with Gasteiger partial charge in [0, 0.05) is 51.2 Å². The highest BCUT2D eigenvalue weighted by molar-refractivity contribution is 6.02. The van der Waals surface area contributed by atoms with Crippen molar-refractivity contribution in [2.75, 3.05) is 0 Å². The average Bonchev–Trinajstić information content (AvgIpc) is 3.71. The smallest absolute Gasteiger partial charge is 0.254 e. The van der Waals surface area contributed by atoms with Crippen molar-refractivity contribution in [3.05, 3.63) is 88.0 Å². The van der Waals surface area contributed by atoms with Crippen molar-refractivity contribution in [2.24, 2.45) is 0 Å². The van der Waals surface area contributed by atoms with E-state index < -0.39 is 34.6 Å². The van der Waals surface area contributed by atoms with Crippen LogP contribution >= 0.6 is 0 Å². The molecular formula is C33H48N6O6. The molecule has 3 N–H and O–H groups in total. The fraction of sp³-hybridized carbons (Fsp3) is 0.455. The van der Waals surface area contributed by atoms with Gasteiger partial charge < -0.3 is 29.7 Å². The molecule has 3 heterocycles. The van der Waals surface area contributed by atoms with E-state index in [9.17, 15) is 29.7 Å². The van der Waals surface area contributed by atoms with Crippen LogP contribution in [0.25, 0.3) is 0 Å². The number of hydrogen-bond donors (Lipinski definition) is 3. The molecule has 0 atom stereocenters. The molecule has 0 saturated carbocycles. The first-order chi connectivity index (χ1) is 21.3. The highest BCUT2D eigenvalue weighted by Gasteiger charge is 2.10. The predicted octanol–water partition coefficient (Wildman–Crippen LogP) is 0.356. The maximum atomic E-state index is 10.5. The molecule has 4 rings (SSSR count). The zero-order valence-electron chi connectivity index (χ0n) is 28.0. The monoisotopic (exact) mass is 624 g/mol. The molecule has 0 radical (unpaired) electrons. The van der Waals surface area contributed by atoms with Crippen molar-refractivity contribution in [1.82, 2.24) is 15.0 Å². The van der Waals surface area contributed by atoms with Gasteiger partial charge >= 0.3 is 0 Å². The number of hydrogen-bond acceptors (Lipinski definition) is 6. The molecule has 0 aliphatic rings. The Morgan fingerprint density at radius 3 is 1.11 bits per heavy atom. The molecule has 0 fully saturated rings. The van der Waals surface area contributed by atoms with Crippen LogP contribution < -0.4 is 29.0 Å². The summed E-state index contributed by atoms with van der Waals surface area (Å²) in [5.41, 5.74) is 1.91. The third kappa shape index (κ3) is 11.7. The summed E-state index contributed by atoms with van der Waals surface area (Å²) in [4.78, 5) is 41.2. The summed E-state index contributed by atoms with van der Waals surface area (Å²) in [6.07, 6.45) is 9.71. The Labute approximate surface area is 265 Å². The van der Waals surface area contributed by atoms with E-state index in [4.69, 9.17) is 0 Å². The molecule has 12 nitrogen and oxygen atoms in total. The van der Waals surface area contributed by atoms with E-state index in [1.807, 2.05) is 0 Å². The van der Waals surface area contributed by atoms with E-state index in [1.54, 1.807) is 0 Å². The number of nitrogens with one attached hydrogen (secondary N) is 3. The van der Waals surface area contributed by atoms with Crippen LogP contribution in [-0.2, 0) is 38.9 Å². The number of carbonyl (C=O) groups is 3. The number of aromatic amines is 3. The van der Waals surface area contributed by atoms with Crippen molar-refractivity contribution >= 4 is 17.9 Å². The third-order valence-corrected chi connectivity index (χ3v) is 6.83. The van der Waals surface area contributed by atoms with Crippen LogP contribution in [0.4, 0.5) is 0 Å². The van der Waals surface area contributed by atoms with E-state index in [0.29, 0.717) is 6.07 Å². The quantitative estimate of drug-likeness (QED) is 0.226. The number of benzene rings is 1. The summed E-state index contributed by atoms with van der Waals surface area (Å²) >= 11 is 0. The first-order valence-corrected chi connectivity index (χ1v) is 15.3. The fourth-order valence-corrected chi connectivity index (χ4v) is 4.67. The van der Waals surface area contributed by atoms with Crippen LogP contribution in [0.5, 0.6) is 0 Å². The molecule has 12 heteroatoms. The maximum Gasteiger partial charge on any atom is 0.254 e. The maximum absolute atomic E-state index is 10.5. The van der Waals surface area contributed by atoms with E-state index in [0.717, 1.165) is 51.0 Å². The number of aryl methyl sites for hydroxylation is 9. The Kier molecular flexibility index (Phi) is 16.0. The van der Waals surface area contributed by atoms with Crippen molar-refractivity contribution in [3.63, 3.8) is 0 Å². The molecule has 1 aromatic carbocycles. The molecule has 0 saturated heterocycles. The van der Waals surface area contributed by atoms with Gasteiger partial charge in [-0.25, -0.2) is 28.7 Å². The number of rotatable bonds is 9. The first-order valence-electron chi connectivity index (χ1n) is 15.3. The molecule has 0 unspecified atom stereocenters. The summed E-state index contributed by atoms with van der Waals surface area (Å²) in [5.74, 6) is -1.17. The molecule has 0 bridgehead atoms. The standard InChI is InChI=1S/C9H6O6.3C8H14N2/c10-7(11)4-1-2-5(8(12)13)6(3-4)9(14)15;3*1-4-8-9-7(3)6-10(8)5-2/h1-3H,(H,10,11)(H,12,13)(H,14,15);3*6H,4-5H2,1-3H3. The molecule has 4 aromatic rings. The lowest BCUT2D eigenvalue weighted by molar-refractivity contribution is -0.699. The van der Waals surface area contributed by atoms with Crippen LogP contribution in [0.3, 0.4) is 0 Å². The highest BCUT2D eigenvalue weighted by atomic mass is 16.4. The van der Waals surface area contributed by atoms with E-state index >= 15 is 0 Å². The summed E-state index contributed by atoms with van der Waals surface area (Å²) in [6.45, 7) is 22.4. The van der Waals surface area contributed by atoms with Gasteiger partial charge in [-0.15, -0.1) is 0 Å². The summed E-state index contributed by atoms with van der Waals surface area (Å²) < 4.78 is 6.74. The fourth-order valence-electron chi connectivity index (χ4n) is 4.67. The molecule has 45 heavy (non-hydrogen) atoms. The molecule has 0 aliphatic heterocycles. The van der Waals surface area contributed by atoms with Crippen molar-refractivity contribution in [3.8, 4) is 0 Å². The molecule has 0 spiro atoms. The lowest BCUT2D eigenvalue weighted by Gasteiger charge is -2.13. The number of imidazole rings is 3. The predicted molar refractivity (Wildman–Crippen MR) is 162 cm³/mol. The van der Waals surface area contributed by atoms with Gasteiger partial charge in [-0.2, -0.15) is 0 Å². The Morgan fingerprint density at radius 1 is 0.556 bits per heavy atom. The van der Waals surface area contributed by atoms with Crippen LogP contribution in [0.2, 0.25) is 0 Å². The Balaban J connectivity index is 0.000000305. The van der Waals surface area contributed by atoms with E-state index in [-0.39, 0.29) is 0 Å². The lowest BCUT2D eigenvalue weighted by atomic mass is 10.0. The highest BCUT2D eigenvalue weighted by Crippen LogP contribution is 2.10. The van der Waals surface area contributed by atoms with Gasteiger partial charge in [0.1, 0.15) is 35.7 Å². The minimum Gasteiger partial charge on any atom is -0.545 e. The number of carboxylic acid groups (broad SMARTS) is 3. The molecule has 0 amide bonds. The first kappa shape index (κ1) is 38.3. The average molecular weight is 625 g/mol. The van der Waals surface area contributed by atoms with Gasteiger partial charge in [-0.3, -0.25) is 0 Å². The summed E-state index contributed by atoms with van der Waals surface area (Å²) in [7, 11) is 0. The minimum absolute atomic E-state index is 0.445. The van der Waals surface area contributed by atoms with Crippen LogP contribution in [0, 0.1) is 20.8 Å². The second kappa shape index (κ2) is 18.8. The Morgan fingerprint density at radius 2 is 0.889 bits per heavy atom. The third-order valence-electron chi connectivity index (χ3n) is 6.83. The number of aromatic nitrogens is 6. The van der Waals surface area contributed by atoms with Crippen molar-refractivity contribution in [2.45, 2.75) is 101 Å². The van der Waals surface area contributed by atoms with Gasteiger partial charge in [-0.05, 0) is 32.4 Å². The van der Waals surface area contributed by atoms with Gasteiger partial charge in [0.2, 0.25) is 0 Å².